The van der Waals surface area contributed by atoms with Crippen molar-refractivity contribution >= 4 is 11.5 Å². The number of rotatable bonds is 6. The average molecular weight is 451 g/mol. The van der Waals surface area contributed by atoms with Crippen LogP contribution in [-0.4, -0.2) is 33.8 Å². The van der Waals surface area contributed by atoms with Gasteiger partial charge in [0.05, 0.1) is 18.9 Å². The first-order chi connectivity index (χ1) is 15.9. The molecular formula is C27H31FN2O3. The first-order valence-corrected chi connectivity index (χ1v) is 12.0. The van der Waals surface area contributed by atoms with Crippen LogP contribution in [0.2, 0.25) is 0 Å². The van der Waals surface area contributed by atoms with Crippen LogP contribution in [0.5, 0.6) is 0 Å². The maximum Gasteiger partial charge on any atom is 0.248 e. The van der Waals surface area contributed by atoms with Gasteiger partial charge in [-0.25, -0.2) is 4.39 Å². The normalized spacial score (nSPS) is 28.9. The molecule has 4 N–H and O–H groups in total. The average Bonchev–Trinajstić information content (AvgIpc) is 3.21. The monoisotopic (exact) mass is 450 g/mol. The number of halogens is 1. The second-order valence-electron chi connectivity index (χ2n) is 10.0. The number of nitrogens with zero attached hydrogens (tertiary/aromatic N) is 1. The Morgan fingerprint density at radius 2 is 2.12 bits per heavy atom. The Kier molecular flexibility index (Phi) is 5.83. The van der Waals surface area contributed by atoms with Crippen molar-refractivity contribution in [1.29, 1.82) is 0 Å². The molecule has 0 aliphatic heterocycles. The number of hydrogen-bond donors (Lipinski definition) is 3. The van der Waals surface area contributed by atoms with Crippen molar-refractivity contribution in [2.24, 2.45) is 23.0 Å². The van der Waals surface area contributed by atoms with E-state index in [2.05, 4.69) is 17.1 Å². The fourth-order valence-corrected chi connectivity index (χ4v) is 7.06. The van der Waals surface area contributed by atoms with Crippen LogP contribution in [0.3, 0.4) is 0 Å². The third-order valence-corrected chi connectivity index (χ3v) is 8.48. The number of primary amides is 1. The van der Waals surface area contributed by atoms with Crippen LogP contribution in [0.4, 0.5) is 4.39 Å². The summed E-state index contributed by atoms with van der Waals surface area (Å²) in [6.45, 7) is -0.247. The number of pyridine rings is 1. The molecule has 2 aromatic rings. The van der Waals surface area contributed by atoms with Gasteiger partial charge >= 0.3 is 0 Å². The number of allylic oxidation sites excluding steroid dienone is 2. The zero-order chi connectivity index (χ0) is 23.2. The van der Waals surface area contributed by atoms with E-state index in [4.69, 9.17) is 5.73 Å². The summed E-state index contributed by atoms with van der Waals surface area (Å²) in [5.74, 6) is 0.567. The Morgan fingerprint density at radius 3 is 2.88 bits per heavy atom. The smallest absolute Gasteiger partial charge is 0.248 e. The minimum absolute atomic E-state index is 0.155. The first-order valence-electron chi connectivity index (χ1n) is 12.0. The molecule has 0 bridgehead atoms. The van der Waals surface area contributed by atoms with E-state index in [1.807, 2.05) is 12.1 Å². The van der Waals surface area contributed by atoms with E-state index in [1.165, 1.54) is 17.3 Å². The number of aryl methyl sites for hydroxylation is 1. The van der Waals surface area contributed by atoms with Gasteiger partial charge in [0.1, 0.15) is 5.82 Å². The van der Waals surface area contributed by atoms with Gasteiger partial charge in [-0.1, -0.05) is 12.1 Å². The molecule has 5 atom stereocenters. The Hall–Kier alpha value is -2.57. The van der Waals surface area contributed by atoms with Crippen molar-refractivity contribution in [3.63, 3.8) is 0 Å². The Bertz CT molecular complexity index is 1100. The van der Waals surface area contributed by atoms with Gasteiger partial charge < -0.3 is 15.9 Å². The molecular weight excluding hydrogens is 419 g/mol. The molecule has 1 saturated carbocycles. The molecule has 0 unspecified atom stereocenters. The summed E-state index contributed by atoms with van der Waals surface area (Å²) in [4.78, 5) is 15.8. The molecule has 6 heteroatoms. The van der Waals surface area contributed by atoms with Gasteiger partial charge in [0.2, 0.25) is 5.91 Å². The maximum atomic E-state index is 14.1. The lowest BCUT2D eigenvalue weighted by Gasteiger charge is -2.52. The number of aliphatic hydroxyl groups excluding tert-OH is 2. The molecule has 1 aromatic heterocycles. The molecule has 5 rings (SSSR count). The van der Waals surface area contributed by atoms with E-state index in [1.54, 1.807) is 12.3 Å². The lowest BCUT2D eigenvalue weighted by atomic mass is 9.52. The first kappa shape index (κ1) is 22.2. The number of aliphatic hydroxyl groups is 2. The van der Waals surface area contributed by atoms with Crippen LogP contribution in [0.1, 0.15) is 71.5 Å². The number of fused-ring (bicyclic) bond motifs is 5. The summed E-state index contributed by atoms with van der Waals surface area (Å²) in [7, 11) is 0. The third kappa shape index (κ3) is 3.79. The lowest BCUT2D eigenvalue weighted by molar-refractivity contribution is 0.0372. The van der Waals surface area contributed by atoms with Crippen molar-refractivity contribution in [1.82, 2.24) is 4.98 Å². The molecule has 1 heterocycles. The van der Waals surface area contributed by atoms with E-state index >= 15 is 0 Å². The van der Waals surface area contributed by atoms with Gasteiger partial charge in [-0.05, 0) is 109 Å². The van der Waals surface area contributed by atoms with E-state index in [0.29, 0.717) is 29.7 Å². The topological polar surface area (TPSA) is 96.4 Å². The zero-order valence-electron chi connectivity index (χ0n) is 18.7. The van der Waals surface area contributed by atoms with E-state index in [0.717, 1.165) is 49.7 Å². The van der Waals surface area contributed by atoms with Gasteiger partial charge in [0.25, 0.3) is 0 Å². The highest BCUT2D eigenvalue weighted by molar-refractivity contribution is 5.93. The van der Waals surface area contributed by atoms with E-state index in [9.17, 15) is 19.4 Å². The third-order valence-electron chi connectivity index (χ3n) is 8.48. The maximum absolute atomic E-state index is 14.1. The molecule has 0 radical (unpaired) electrons. The Morgan fingerprint density at radius 1 is 1.27 bits per heavy atom. The zero-order valence-corrected chi connectivity index (χ0v) is 18.7. The summed E-state index contributed by atoms with van der Waals surface area (Å²) < 4.78 is 14.1. The van der Waals surface area contributed by atoms with Crippen molar-refractivity contribution in [3.8, 4) is 0 Å². The minimum Gasteiger partial charge on any atom is -0.394 e. The number of aromatic nitrogens is 1. The largest absolute Gasteiger partial charge is 0.394 e. The van der Waals surface area contributed by atoms with Crippen LogP contribution < -0.4 is 5.73 Å². The Labute approximate surface area is 193 Å². The molecule has 1 aromatic carbocycles. The summed E-state index contributed by atoms with van der Waals surface area (Å²) >= 11 is 0. The van der Waals surface area contributed by atoms with E-state index in [-0.39, 0.29) is 17.8 Å². The number of carbonyl (C=O) groups is 1. The van der Waals surface area contributed by atoms with Gasteiger partial charge in [-0.15, -0.1) is 0 Å². The predicted molar refractivity (Wildman–Crippen MR) is 124 cm³/mol. The number of nitrogens with two attached hydrogens (primary N) is 1. The van der Waals surface area contributed by atoms with E-state index < -0.39 is 12.0 Å². The van der Waals surface area contributed by atoms with Crippen LogP contribution in [0, 0.1) is 23.1 Å². The van der Waals surface area contributed by atoms with Crippen molar-refractivity contribution in [2.75, 3.05) is 6.61 Å². The van der Waals surface area contributed by atoms with Gasteiger partial charge in [0, 0.05) is 11.8 Å². The quantitative estimate of drug-likeness (QED) is 0.620. The van der Waals surface area contributed by atoms with Crippen molar-refractivity contribution < 1.29 is 19.4 Å². The molecule has 3 aliphatic rings. The van der Waals surface area contributed by atoms with Crippen LogP contribution in [-0.2, 0) is 6.42 Å². The number of benzene rings is 1. The predicted octanol–water partition coefficient (Wildman–Crippen LogP) is 3.98. The Balaban J connectivity index is 1.50. The molecule has 5 nitrogen and oxygen atoms in total. The molecule has 1 amide bonds. The highest BCUT2D eigenvalue weighted by atomic mass is 19.1. The molecule has 3 aliphatic carbocycles. The second-order valence-corrected chi connectivity index (χ2v) is 10.0. The standard InChI is InChI=1S/C27H31FN2O3/c28-19-12-18(13-30-14-19)24-5-6-25-23-4-1-16-11-17(26(29)33)2-3-21(16)22(23)8-10-27(24,25)9-7-20(32)15-31/h2-3,5,11-14,20,22-23,25,31-32H,1,4,6-10,15H2,(H2,29,33)/t20-,22+,23+,25-,27+/m0/s1. The number of hydrogen-bond acceptors (Lipinski definition) is 4. The molecule has 33 heavy (non-hydrogen) atoms. The number of amides is 1. The van der Waals surface area contributed by atoms with Crippen LogP contribution >= 0.6 is 0 Å². The molecule has 0 saturated heterocycles. The van der Waals surface area contributed by atoms with Crippen LogP contribution in [0.25, 0.3) is 5.57 Å². The summed E-state index contributed by atoms with van der Waals surface area (Å²) in [6.07, 6.45) is 10.6. The number of carbonyl (C=O) groups excluding carboxylic acids is 1. The highest BCUT2D eigenvalue weighted by Gasteiger charge is 2.54. The SMILES string of the molecule is NC(=O)c1ccc2c(c1)CC[C@@H]1[C@@H]2CC[C@]2(CC[C@H](O)CO)C(c3cncc(F)c3)=CC[C@@H]12. The lowest BCUT2D eigenvalue weighted by Crippen LogP contribution is -2.43. The van der Waals surface area contributed by atoms with Gasteiger partial charge in [-0.2, -0.15) is 0 Å². The second kappa shape index (κ2) is 8.65. The van der Waals surface area contributed by atoms with Crippen LogP contribution in [0.15, 0.2) is 42.7 Å². The summed E-state index contributed by atoms with van der Waals surface area (Å²) in [5.41, 5.74) is 10.5. The fraction of sp³-hybridized carbons (Fsp3) is 0.481. The van der Waals surface area contributed by atoms with Crippen molar-refractivity contribution in [2.45, 2.75) is 57.0 Å². The fourth-order valence-electron chi connectivity index (χ4n) is 7.06. The minimum atomic E-state index is -0.746. The highest BCUT2D eigenvalue weighted by Crippen LogP contribution is 2.65. The molecule has 0 spiro atoms. The summed E-state index contributed by atoms with van der Waals surface area (Å²) in [5, 5.41) is 19.6. The van der Waals surface area contributed by atoms with Gasteiger partial charge in [-0.3, -0.25) is 9.78 Å². The molecule has 174 valence electrons. The molecule has 1 fully saturated rings. The summed E-state index contributed by atoms with van der Waals surface area (Å²) in [6, 6.07) is 7.47. The van der Waals surface area contributed by atoms with Crippen molar-refractivity contribution in [3.05, 3.63) is 70.8 Å². The van der Waals surface area contributed by atoms with Gasteiger partial charge in [0.15, 0.2) is 0 Å².